The fraction of sp³-hybridized carbons (Fsp3) is 0.105. The fourth-order valence-electron chi connectivity index (χ4n) is 3.49. The Bertz CT molecular complexity index is 1020. The second kappa shape index (κ2) is 4.49. The van der Waals surface area contributed by atoms with Gasteiger partial charge in [-0.3, -0.25) is 0 Å². The zero-order valence-electron chi connectivity index (χ0n) is 12.7. The molecule has 2 aromatic heterocycles. The lowest BCUT2D eigenvalue weighted by molar-refractivity contribution is 0.574. The van der Waals surface area contributed by atoms with Crippen LogP contribution in [0.3, 0.4) is 0 Å². The average molecular weight is 300 g/mol. The summed E-state index contributed by atoms with van der Waals surface area (Å²) in [5, 5.41) is 9.60. The number of hydrogen-bond donors (Lipinski definition) is 2. The van der Waals surface area contributed by atoms with Crippen molar-refractivity contribution in [1.29, 1.82) is 0 Å². The Kier molecular flexibility index (Phi) is 2.45. The van der Waals surface area contributed by atoms with Crippen LogP contribution in [0.1, 0.15) is 17.4 Å². The SMILES string of the molecule is Cc1cc2n(n1)[C@H](c1c[nH]c3ccccc13)Nc1ccccc1-2. The van der Waals surface area contributed by atoms with Crippen LogP contribution < -0.4 is 5.32 Å². The average Bonchev–Trinajstić information content (AvgIpc) is 3.17. The molecular formula is C19H16N4. The molecule has 5 rings (SSSR count). The van der Waals surface area contributed by atoms with E-state index in [1.807, 2.05) is 6.92 Å². The molecule has 1 atom stereocenters. The molecule has 0 bridgehead atoms. The number of benzene rings is 2. The Morgan fingerprint density at radius 3 is 2.83 bits per heavy atom. The molecule has 2 N–H and O–H groups in total. The normalized spacial score (nSPS) is 16.0. The van der Waals surface area contributed by atoms with Gasteiger partial charge in [-0.2, -0.15) is 5.10 Å². The van der Waals surface area contributed by atoms with Crippen molar-refractivity contribution in [2.75, 3.05) is 5.32 Å². The highest BCUT2D eigenvalue weighted by Crippen LogP contribution is 2.39. The highest BCUT2D eigenvalue weighted by atomic mass is 15.4. The number of nitrogens with zero attached hydrogens (tertiary/aromatic N) is 2. The van der Waals surface area contributed by atoms with Crippen LogP contribution in [0.2, 0.25) is 0 Å². The minimum absolute atomic E-state index is 0.00949. The van der Waals surface area contributed by atoms with E-state index >= 15 is 0 Å². The number of H-pyrrole nitrogens is 1. The number of aromatic nitrogens is 3. The smallest absolute Gasteiger partial charge is 0.149 e. The zero-order valence-corrected chi connectivity index (χ0v) is 12.7. The van der Waals surface area contributed by atoms with Gasteiger partial charge in [0.2, 0.25) is 0 Å². The van der Waals surface area contributed by atoms with Crippen LogP contribution in [0.25, 0.3) is 22.2 Å². The summed E-state index contributed by atoms with van der Waals surface area (Å²) in [6, 6.07) is 18.9. The lowest BCUT2D eigenvalue weighted by atomic mass is 10.0. The van der Waals surface area contributed by atoms with E-state index in [1.165, 1.54) is 16.5 Å². The summed E-state index contributed by atoms with van der Waals surface area (Å²) >= 11 is 0. The summed E-state index contributed by atoms with van der Waals surface area (Å²) in [5.74, 6) is 0. The quantitative estimate of drug-likeness (QED) is 0.550. The number of fused-ring (bicyclic) bond motifs is 4. The number of hydrogen-bond acceptors (Lipinski definition) is 2. The molecule has 0 fully saturated rings. The van der Waals surface area contributed by atoms with Gasteiger partial charge in [0, 0.05) is 33.9 Å². The number of para-hydroxylation sites is 2. The Morgan fingerprint density at radius 1 is 1.04 bits per heavy atom. The molecule has 2 aromatic carbocycles. The predicted octanol–water partition coefficient (Wildman–Crippen LogP) is 4.31. The molecule has 1 aliphatic rings. The molecule has 0 saturated heterocycles. The number of anilines is 1. The first kappa shape index (κ1) is 12.5. The Hall–Kier alpha value is -3.01. The van der Waals surface area contributed by atoms with Crippen molar-refractivity contribution >= 4 is 16.6 Å². The second-order valence-corrected chi connectivity index (χ2v) is 6.00. The van der Waals surface area contributed by atoms with Crippen LogP contribution in [-0.4, -0.2) is 14.8 Å². The van der Waals surface area contributed by atoms with Crippen LogP contribution in [0.5, 0.6) is 0 Å². The summed E-state index contributed by atoms with van der Waals surface area (Å²) in [4.78, 5) is 3.37. The fourth-order valence-corrected chi connectivity index (χ4v) is 3.49. The van der Waals surface area contributed by atoms with Crippen LogP contribution in [0.15, 0.2) is 60.8 Å². The highest BCUT2D eigenvalue weighted by Gasteiger charge is 2.27. The van der Waals surface area contributed by atoms with E-state index in [1.54, 1.807) is 0 Å². The van der Waals surface area contributed by atoms with Crippen LogP contribution in [0, 0.1) is 6.92 Å². The molecule has 1 aliphatic heterocycles. The molecule has 4 heteroatoms. The van der Waals surface area contributed by atoms with Gasteiger partial charge >= 0.3 is 0 Å². The number of rotatable bonds is 1. The van der Waals surface area contributed by atoms with Crippen molar-refractivity contribution in [3.8, 4) is 11.3 Å². The number of aromatic amines is 1. The summed E-state index contributed by atoms with van der Waals surface area (Å²) in [6.07, 6.45) is 2.07. The van der Waals surface area contributed by atoms with E-state index in [9.17, 15) is 0 Å². The van der Waals surface area contributed by atoms with Gasteiger partial charge in [-0.15, -0.1) is 0 Å². The van der Waals surface area contributed by atoms with Gasteiger partial charge in [0.05, 0.1) is 11.4 Å². The van der Waals surface area contributed by atoms with Crippen molar-refractivity contribution in [3.05, 3.63) is 72.1 Å². The van der Waals surface area contributed by atoms with Crippen molar-refractivity contribution in [2.24, 2.45) is 0 Å². The Labute approximate surface area is 133 Å². The standard InChI is InChI=1S/C19H16N4/c1-12-10-18-14-7-3-5-9-17(14)21-19(23(18)22-12)15-11-20-16-8-4-2-6-13(15)16/h2-11,19-21H,1H3/t19-/m1/s1. The maximum absolute atomic E-state index is 4.73. The molecule has 0 radical (unpaired) electrons. The van der Waals surface area contributed by atoms with Gasteiger partial charge in [-0.1, -0.05) is 36.4 Å². The lowest BCUT2D eigenvalue weighted by Gasteiger charge is -2.28. The van der Waals surface area contributed by atoms with Gasteiger partial charge in [0.15, 0.2) is 0 Å². The van der Waals surface area contributed by atoms with Crippen LogP contribution >= 0.6 is 0 Å². The molecular weight excluding hydrogens is 284 g/mol. The summed E-state index contributed by atoms with van der Waals surface area (Å²) < 4.78 is 2.09. The van der Waals surface area contributed by atoms with Crippen LogP contribution in [-0.2, 0) is 0 Å². The molecule has 0 unspecified atom stereocenters. The van der Waals surface area contributed by atoms with Crippen molar-refractivity contribution in [2.45, 2.75) is 13.1 Å². The maximum atomic E-state index is 4.73. The first-order chi connectivity index (χ1) is 11.3. The molecule has 112 valence electrons. The topological polar surface area (TPSA) is 45.6 Å². The third kappa shape index (κ3) is 1.75. The number of aryl methyl sites for hydroxylation is 1. The van der Waals surface area contributed by atoms with Crippen molar-refractivity contribution in [1.82, 2.24) is 14.8 Å². The second-order valence-electron chi connectivity index (χ2n) is 6.00. The molecule has 0 aliphatic carbocycles. The molecule has 4 nitrogen and oxygen atoms in total. The van der Waals surface area contributed by atoms with Crippen LogP contribution in [0.4, 0.5) is 5.69 Å². The third-order valence-corrected chi connectivity index (χ3v) is 4.51. The van der Waals surface area contributed by atoms with E-state index in [-0.39, 0.29) is 6.17 Å². The lowest BCUT2D eigenvalue weighted by Crippen LogP contribution is -2.25. The van der Waals surface area contributed by atoms with Gasteiger partial charge < -0.3 is 10.3 Å². The molecule has 0 spiro atoms. The van der Waals surface area contributed by atoms with E-state index < -0.39 is 0 Å². The summed E-state index contributed by atoms with van der Waals surface area (Å²) in [7, 11) is 0. The number of nitrogens with one attached hydrogen (secondary N) is 2. The van der Waals surface area contributed by atoms with Gasteiger partial charge in [-0.05, 0) is 25.1 Å². The maximum Gasteiger partial charge on any atom is 0.149 e. The van der Waals surface area contributed by atoms with Gasteiger partial charge in [-0.25, -0.2) is 4.68 Å². The zero-order chi connectivity index (χ0) is 15.4. The molecule has 4 aromatic rings. The minimum atomic E-state index is -0.00949. The summed E-state index contributed by atoms with van der Waals surface area (Å²) in [6.45, 7) is 2.04. The predicted molar refractivity (Wildman–Crippen MR) is 92.5 cm³/mol. The first-order valence-corrected chi connectivity index (χ1v) is 7.79. The van der Waals surface area contributed by atoms with E-state index in [4.69, 9.17) is 5.10 Å². The summed E-state index contributed by atoms with van der Waals surface area (Å²) in [5.41, 5.74) is 6.89. The van der Waals surface area contributed by atoms with Crippen molar-refractivity contribution in [3.63, 3.8) is 0 Å². The molecule has 23 heavy (non-hydrogen) atoms. The van der Waals surface area contributed by atoms with Gasteiger partial charge in [0.25, 0.3) is 0 Å². The third-order valence-electron chi connectivity index (χ3n) is 4.51. The molecule has 0 saturated carbocycles. The highest BCUT2D eigenvalue weighted by molar-refractivity contribution is 5.86. The molecule has 3 heterocycles. The Balaban J connectivity index is 1.76. The van der Waals surface area contributed by atoms with E-state index in [0.29, 0.717) is 0 Å². The Morgan fingerprint density at radius 2 is 1.87 bits per heavy atom. The van der Waals surface area contributed by atoms with Crippen molar-refractivity contribution < 1.29 is 0 Å². The first-order valence-electron chi connectivity index (χ1n) is 7.79. The largest absolute Gasteiger partial charge is 0.361 e. The van der Waals surface area contributed by atoms with E-state index in [0.717, 1.165) is 22.6 Å². The monoisotopic (exact) mass is 300 g/mol. The minimum Gasteiger partial charge on any atom is -0.361 e. The van der Waals surface area contributed by atoms with Gasteiger partial charge in [0.1, 0.15) is 6.17 Å². The molecule has 0 amide bonds. The van der Waals surface area contributed by atoms with E-state index in [2.05, 4.69) is 75.8 Å².